The number of hydrogen-bond donors (Lipinski definition) is 1. The first-order valence-corrected chi connectivity index (χ1v) is 8.09. The van der Waals surface area contributed by atoms with E-state index in [4.69, 9.17) is 9.47 Å². The fourth-order valence-electron chi connectivity index (χ4n) is 2.81. The van der Waals surface area contributed by atoms with Gasteiger partial charge < -0.3 is 19.7 Å². The fourth-order valence-corrected chi connectivity index (χ4v) is 2.81. The van der Waals surface area contributed by atoms with Crippen molar-refractivity contribution in [2.75, 3.05) is 38.2 Å². The van der Waals surface area contributed by atoms with Gasteiger partial charge in [-0.2, -0.15) is 0 Å². The fraction of sp³-hybridized carbons (Fsp3) is 0.529. The van der Waals surface area contributed by atoms with E-state index in [1.807, 2.05) is 31.2 Å². The van der Waals surface area contributed by atoms with Crippen molar-refractivity contribution in [3.05, 3.63) is 24.3 Å². The molecule has 1 saturated carbocycles. The van der Waals surface area contributed by atoms with E-state index in [2.05, 4.69) is 5.32 Å². The second kappa shape index (κ2) is 7.00. The molecule has 0 aromatic heterocycles. The van der Waals surface area contributed by atoms with E-state index in [9.17, 15) is 9.59 Å². The monoisotopic (exact) mass is 318 g/mol. The minimum Gasteiger partial charge on any atom is -0.494 e. The highest BCUT2D eigenvalue weighted by atomic mass is 16.5. The van der Waals surface area contributed by atoms with Crippen LogP contribution in [0.25, 0.3) is 0 Å². The van der Waals surface area contributed by atoms with Gasteiger partial charge in [-0.15, -0.1) is 0 Å². The molecule has 3 rings (SSSR count). The summed E-state index contributed by atoms with van der Waals surface area (Å²) in [6.45, 7) is 4.96. The highest BCUT2D eigenvalue weighted by molar-refractivity contribution is 5.99. The highest BCUT2D eigenvalue weighted by Crippen LogP contribution is 2.41. The van der Waals surface area contributed by atoms with Crippen LogP contribution in [0.3, 0.4) is 0 Å². The number of morpholine rings is 1. The molecule has 2 amide bonds. The number of anilines is 1. The van der Waals surface area contributed by atoms with Crippen LogP contribution in [0.4, 0.5) is 5.69 Å². The third-order valence-corrected chi connectivity index (χ3v) is 4.20. The summed E-state index contributed by atoms with van der Waals surface area (Å²) in [5.74, 6) is 0.394. The average molecular weight is 318 g/mol. The third-order valence-electron chi connectivity index (χ3n) is 4.20. The first kappa shape index (κ1) is 15.8. The molecule has 1 aromatic carbocycles. The lowest BCUT2D eigenvalue weighted by molar-refractivity contribution is -0.137. The molecule has 124 valence electrons. The topological polar surface area (TPSA) is 67.9 Å². The molecule has 1 aliphatic heterocycles. The van der Waals surface area contributed by atoms with Crippen LogP contribution in [0.15, 0.2) is 24.3 Å². The summed E-state index contributed by atoms with van der Waals surface area (Å²) >= 11 is 0. The summed E-state index contributed by atoms with van der Waals surface area (Å²) < 4.78 is 10.6. The number of rotatable bonds is 5. The van der Waals surface area contributed by atoms with Crippen LogP contribution in [-0.4, -0.2) is 49.6 Å². The third kappa shape index (κ3) is 3.82. The summed E-state index contributed by atoms with van der Waals surface area (Å²) in [5.41, 5.74) is 0.725. The first-order valence-electron chi connectivity index (χ1n) is 8.09. The number of carbonyl (C=O) groups is 2. The van der Waals surface area contributed by atoms with Crippen LogP contribution in [0.5, 0.6) is 5.75 Å². The Balaban J connectivity index is 1.50. The summed E-state index contributed by atoms with van der Waals surface area (Å²) in [7, 11) is 0. The van der Waals surface area contributed by atoms with E-state index in [1.54, 1.807) is 4.90 Å². The van der Waals surface area contributed by atoms with Crippen LogP contribution < -0.4 is 10.1 Å². The van der Waals surface area contributed by atoms with E-state index in [0.29, 0.717) is 39.3 Å². The molecule has 2 aliphatic rings. The Morgan fingerprint density at radius 2 is 1.91 bits per heavy atom. The van der Waals surface area contributed by atoms with Gasteiger partial charge in [-0.25, -0.2) is 0 Å². The molecule has 0 radical (unpaired) electrons. The number of nitrogens with zero attached hydrogens (tertiary/aromatic N) is 1. The molecule has 1 aliphatic carbocycles. The van der Waals surface area contributed by atoms with E-state index in [1.165, 1.54) is 0 Å². The Morgan fingerprint density at radius 3 is 2.57 bits per heavy atom. The van der Waals surface area contributed by atoms with E-state index in [-0.39, 0.29) is 23.7 Å². The maximum absolute atomic E-state index is 12.3. The lowest BCUT2D eigenvalue weighted by atomic mass is 10.2. The van der Waals surface area contributed by atoms with Gasteiger partial charge in [-0.3, -0.25) is 9.59 Å². The molecule has 2 atom stereocenters. The molecule has 1 heterocycles. The van der Waals surface area contributed by atoms with Gasteiger partial charge in [0.1, 0.15) is 5.75 Å². The minimum absolute atomic E-state index is 0.0826. The molecular weight excluding hydrogens is 296 g/mol. The van der Waals surface area contributed by atoms with Crippen molar-refractivity contribution in [1.29, 1.82) is 0 Å². The predicted molar refractivity (Wildman–Crippen MR) is 85.2 cm³/mol. The Labute approximate surface area is 135 Å². The number of hydrogen-bond acceptors (Lipinski definition) is 4. The van der Waals surface area contributed by atoms with Crippen molar-refractivity contribution in [1.82, 2.24) is 4.90 Å². The Bertz CT molecular complexity index is 566. The molecule has 2 fully saturated rings. The molecule has 0 bridgehead atoms. The molecule has 1 saturated heterocycles. The van der Waals surface area contributed by atoms with Gasteiger partial charge in [-0.1, -0.05) is 0 Å². The Kier molecular flexibility index (Phi) is 4.81. The second-order valence-corrected chi connectivity index (χ2v) is 5.83. The zero-order valence-electron chi connectivity index (χ0n) is 13.3. The van der Waals surface area contributed by atoms with Crippen molar-refractivity contribution in [3.8, 4) is 5.75 Å². The van der Waals surface area contributed by atoms with Crippen LogP contribution in [0, 0.1) is 11.8 Å². The first-order chi connectivity index (χ1) is 11.2. The summed E-state index contributed by atoms with van der Waals surface area (Å²) in [6.07, 6.45) is 0.638. The molecule has 6 heteroatoms. The highest BCUT2D eigenvalue weighted by Gasteiger charge is 2.49. The molecule has 1 N–H and O–H groups in total. The Morgan fingerprint density at radius 1 is 1.22 bits per heavy atom. The molecule has 2 unspecified atom stereocenters. The standard InChI is InChI=1S/C17H22N2O4/c1-2-23-13-5-3-12(4-6-13)18-16(20)14-11-15(14)17(21)19-7-9-22-10-8-19/h3-6,14-15H,2,7-11H2,1H3,(H,18,20). The predicted octanol–water partition coefficient (Wildman–Crippen LogP) is 1.52. The van der Waals surface area contributed by atoms with Crippen molar-refractivity contribution in [3.63, 3.8) is 0 Å². The van der Waals surface area contributed by atoms with Crippen molar-refractivity contribution in [2.24, 2.45) is 11.8 Å². The second-order valence-electron chi connectivity index (χ2n) is 5.83. The molecule has 6 nitrogen and oxygen atoms in total. The number of benzene rings is 1. The maximum Gasteiger partial charge on any atom is 0.228 e. The number of carbonyl (C=O) groups excluding carboxylic acids is 2. The van der Waals surface area contributed by atoms with Crippen LogP contribution in [0.2, 0.25) is 0 Å². The number of amides is 2. The van der Waals surface area contributed by atoms with Crippen LogP contribution in [-0.2, 0) is 14.3 Å². The lowest BCUT2D eigenvalue weighted by Crippen LogP contribution is -2.42. The number of ether oxygens (including phenoxy) is 2. The van der Waals surface area contributed by atoms with Gasteiger partial charge in [0.25, 0.3) is 0 Å². The SMILES string of the molecule is CCOc1ccc(NC(=O)C2CC2C(=O)N2CCOCC2)cc1. The van der Waals surface area contributed by atoms with E-state index >= 15 is 0 Å². The molecular formula is C17H22N2O4. The maximum atomic E-state index is 12.3. The van der Waals surface area contributed by atoms with Crippen molar-refractivity contribution in [2.45, 2.75) is 13.3 Å². The van der Waals surface area contributed by atoms with Crippen LogP contribution >= 0.6 is 0 Å². The smallest absolute Gasteiger partial charge is 0.228 e. The minimum atomic E-state index is -0.211. The largest absolute Gasteiger partial charge is 0.494 e. The van der Waals surface area contributed by atoms with Gasteiger partial charge in [0.05, 0.1) is 31.7 Å². The zero-order chi connectivity index (χ0) is 16.2. The quantitative estimate of drug-likeness (QED) is 0.894. The van der Waals surface area contributed by atoms with Gasteiger partial charge in [-0.05, 0) is 37.6 Å². The van der Waals surface area contributed by atoms with E-state index in [0.717, 1.165) is 11.4 Å². The summed E-state index contributed by atoms with van der Waals surface area (Å²) in [5, 5.41) is 2.87. The number of nitrogens with one attached hydrogen (secondary N) is 1. The molecule has 1 aromatic rings. The lowest BCUT2D eigenvalue weighted by Gasteiger charge is -2.27. The summed E-state index contributed by atoms with van der Waals surface area (Å²) in [6, 6.07) is 7.26. The van der Waals surface area contributed by atoms with Gasteiger partial charge in [0.2, 0.25) is 11.8 Å². The van der Waals surface area contributed by atoms with Gasteiger partial charge in [0.15, 0.2) is 0 Å². The van der Waals surface area contributed by atoms with Gasteiger partial charge in [0, 0.05) is 18.8 Å². The van der Waals surface area contributed by atoms with E-state index < -0.39 is 0 Å². The van der Waals surface area contributed by atoms with Crippen molar-refractivity contribution < 1.29 is 19.1 Å². The normalized spacial score (nSPS) is 23.3. The zero-order valence-corrected chi connectivity index (χ0v) is 13.3. The van der Waals surface area contributed by atoms with Gasteiger partial charge >= 0.3 is 0 Å². The van der Waals surface area contributed by atoms with Crippen molar-refractivity contribution >= 4 is 17.5 Å². The molecule has 0 spiro atoms. The van der Waals surface area contributed by atoms with Crippen LogP contribution in [0.1, 0.15) is 13.3 Å². The Hall–Kier alpha value is -2.08. The average Bonchev–Trinajstić information content (AvgIpc) is 3.38. The summed E-state index contributed by atoms with van der Waals surface area (Å²) in [4.78, 5) is 26.4. The molecule has 23 heavy (non-hydrogen) atoms.